The summed E-state index contributed by atoms with van der Waals surface area (Å²) < 4.78 is 34.0. The van der Waals surface area contributed by atoms with E-state index in [9.17, 15) is 8.42 Å². The molecule has 0 spiro atoms. The van der Waals surface area contributed by atoms with Crippen LogP contribution in [0, 0.1) is 13.8 Å². The highest BCUT2D eigenvalue weighted by atomic mass is 32.2. The van der Waals surface area contributed by atoms with Crippen molar-refractivity contribution in [3.8, 4) is 0 Å². The second kappa shape index (κ2) is 5.11. The quantitative estimate of drug-likeness (QED) is 0.846. The van der Waals surface area contributed by atoms with Crippen molar-refractivity contribution in [2.45, 2.75) is 75.9 Å². The molecule has 0 unspecified atom stereocenters. The molecule has 2 N–H and O–H groups in total. The first-order chi connectivity index (χ1) is 9.81. The molecule has 0 atom stereocenters. The van der Waals surface area contributed by atoms with Gasteiger partial charge in [-0.1, -0.05) is 0 Å². The molecule has 0 aliphatic heterocycles. The Morgan fingerprint density at radius 1 is 1.24 bits per heavy atom. The van der Waals surface area contributed by atoms with E-state index in [0.29, 0.717) is 29.0 Å². The molecule has 0 radical (unpaired) electrons. The minimum atomic E-state index is -3.53. The molecule has 1 heterocycles. The molecule has 2 aliphatic carbocycles. The van der Waals surface area contributed by atoms with Gasteiger partial charge in [0.15, 0.2) is 0 Å². The monoisotopic (exact) mass is 312 g/mol. The van der Waals surface area contributed by atoms with Gasteiger partial charge in [0.1, 0.15) is 16.4 Å². The van der Waals surface area contributed by atoms with Crippen LogP contribution in [0.2, 0.25) is 0 Å². The van der Waals surface area contributed by atoms with Gasteiger partial charge in [-0.15, -0.1) is 0 Å². The molecule has 0 saturated heterocycles. The first-order valence-electron chi connectivity index (χ1n) is 7.67. The van der Waals surface area contributed by atoms with Crippen LogP contribution in [0.1, 0.15) is 56.1 Å². The van der Waals surface area contributed by atoms with Gasteiger partial charge >= 0.3 is 0 Å². The Balaban J connectivity index is 1.88. The lowest BCUT2D eigenvalue weighted by molar-refractivity contribution is 0.248. The van der Waals surface area contributed by atoms with Gasteiger partial charge in [-0.2, -0.15) is 0 Å². The van der Waals surface area contributed by atoms with E-state index >= 15 is 0 Å². The van der Waals surface area contributed by atoms with Gasteiger partial charge in [0.25, 0.3) is 0 Å². The number of nitrogens with one attached hydrogen (secondary N) is 2. The van der Waals surface area contributed by atoms with E-state index < -0.39 is 10.0 Å². The Morgan fingerprint density at radius 2 is 1.90 bits per heavy atom. The molecule has 1 aromatic rings. The van der Waals surface area contributed by atoms with Crippen LogP contribution in [0.3, 0.4) is 0 Å². The smallest absolute Gasteiger partial charge is 0.244 e. The molecule has 3 rings (SSSR count). The summed E-state index contributed by atoms with van der Waals surface area (Å²) in [5.41, 5.74) is 0.479. The highest BCUT2D eigenvalue weighted by Crippen LogP contribution is 2.35. The van der Waals surface area contributed by atoms with Crippen LogP contribution in [0.15, 0.2) is 9.31 Å². The van der Waals surface area contributed by atoms with Crippen molar-refractivity contribution in [2.75, 3.05) is 0 Å². The summed E-state index contributed by atoms with van der Waals surface area (Å²) >= 11 is 0. The van der Waals surface area contributed by atoms with E-state index in [1.54, 1.807) is 6.92 Å². The molecule has 0 bridgehead atoms. The van der Waals surface area contributed by atoms with Crippen LogP contribution in [-0.4, -0.2) is 20.0 Å². The Labute approximate surface area is 126 Å². The van der Waals surface area contributed by atoms with Gasteiger partial charge < -0.3 is 9.73 Å². The first kappa shape index (κ1) is 15.1. The summed E-state index contributed by atoms with van der Waals surface area (Å²) in [4.78, 5) is 0.335. The molecule has 1 aromatic heterocycles. The second-order valence-electron chi connectivity index (χ2n) is 6.70. The third kappa shape index (κ3) is 3.03. The largest absolute Gasteiger partial charge is 0.465 e. The number of sulfonamides is 1. The molecule has 21 heavy (non-hydrogen) atoms. The van der Waals surface area contributed by atoms with Crippen molar-refractivity contribution in [3.05, 3.63) is 17.1 Å². The molecule has 5 nitrogen and oxygen atoms in total. The average molecular weight is 312 g/mol. The standard InChI is InChI=1S/C15H24N2O3S/c1-10-13(9-16-12-5-6-12)14(11(2)20-10)21(18,19)17-15(3)7-4-8-15/h12,16-17H,4-9H2,1-3H3. The van der Waals surface area contributed by atoms with Crippen LogP contribution in [0.25, 0.3) is 0 Å². The maximum Gasteiger partial charge on any atom is 0.244 e. The summed E-state index contributed by atoms with van der Waals surface area (Å²) in [6.45, 7) is 6.09. The normalized spacial score (nSPS) is 21.3. The highest BCUT2D eigenvalue weighted by molar-refractivity contribution is 7.89. The molecule has 118 valence electrons. The SMILES string of the molecule is Cc1oc(C)c(S(=O)(=O)NC2(C)CCC2)c1CNC1CC1. The maximum atomic E-state index is 12.8. The van der Waals surface area contributed by atoms with Gasteiger partial charge in [0.2, 0.25) is 10.0 Å². The third-order valence-electron chi connectivity index (χ3n) is 4.58. The van der Waals surface area contributed by atoms with Gasteiger partial charge in [-0.05, 0) is 52.9 Å². The Kier molecular flexibility index (Phi) is 3.66. The fraction of sp³-hybridized carbons (Fsp3) is 0.733. The Morgan fingerprint density at radius 3 is 2.43 bits per heavy atom. The van der Waals surface area contributed by atoms with Crippen LogP contribution in [0.5, 0.6) is 0 Å². The van der Waals surface area contributed by atoms with Crippen LogP contribution >= 0.6 is 0 Å². The predicted octanol–water partition coefficient (Wildman–Crippen LogP) is 2.37. The number of hydrogen-bond donors (Lipinski definition) is 2. The lowest BCUT2D eigenvalue weighted by Gasteiger charge is -2.38. The van der Waals surface area contributed by atoms with Gasteiger partial charge in [0.05, 0.1) is 0 Å². The van der Waals surface area contributed by atoms with Crippen LogP contribution in [0.4, 0.5) is 0 Å². The summed E-state index contributed by atoms with van der Waals surface area (Å²) in [5.74, 6) is 1.18. The van der Waals surface area contributed by atoms with E-state index in [-0.39, 0.29) is 5.54 Å². The third-order valence-corrected chi connectivity index (χ3v) is 6.41. The highest BCUT2D eigenvalue weighted by Gasteiger charge is 2.38. The van der Waals surface area contributed by atoms with E-state index in [1.165, 1.54) is 12.8 Å². The molecule has 0 amide bonds. The topological polar surface area (TPSA) is 71.3 Å². The maximum absolute atomic E-state index is 12.8. The van der Waals surface area contributed by atoms with Crippen molar-refractivity contribution >= 4 is 10.0 Å². The lowest BCUT2D eigenvalue weighted by atomic mass is 9.80. The second-order valence-corrected chi connectivity index (χ2v) is 8.32. The fourth-order valence-electron chi connectivity index (χ4n) is 2.98. The molecule has 0 aromatic carbocycles. The van der Waals surface area contributed by atoms with Crippen molar-refractivity contribution < 1.29 is 12.8 Å². The number of rotatable bonds is 6. The van der Waals surface area contributed by atoms with Crippen molar-refractivity contribution in [1.82, 2.24) is 10.0 Å². The summed E-state index contributed by atoms with van der Waals surface area (Å²) in [6, 6.07) is 0.535. The Bertz CT molecular complexity index is 640. The minimum absolute atomic E-state index is 0.294. The molecular weight excluding hydrogens is 288 g/mol. The summed E-state index contributed by atoms with van der Waals surface area (Å²) in [6.07, 6.45) is 5.23. The zero-order valence-corrected chi connectivity index (χ0v) is 13.8. The summed E-state index contributed by atoms with van der Waals surface area (Å²) in [7, 11) is -3.53. The van der Waals surface area contributed by atoms with E-state index in [1.807, 2.05) is 13.8 Å². The van der Waals surface area contributed by atoms with E-state index in [2.05, 4.69) is 10.0 Å². The number of aryl methyl sites for hydroxylation is 2. The van der Waals surface area contributed by atoms with Crippen molar-refractivity contribution in [1.29, 1.82) is 0 Å². The molecule has 2 aliphatic rings. The predicted molar refractivity (Wildman–Crippen MR) is 80.6 cm³/mol. The molecular formula is C15H24N2O3S. The van der Waals surface area contributed by atoms with Crippen LogP contribution in [-0.2, 0) is 16.6 Å². The average Bonchev–Trinajstić information content (AvgIpc) is 3.10. The first-order valence-corrected chi connectivity index (χ1v) is 9.15. The zero-order chi connectivity index (χ0) is 15.3. The molecule has 2 fully saturated rings. The van der Waals surface area contributed by atoms with Gasteiger partial charge in [-0.3, -0.25) is 0 Å². The number of furan rings is 1. The van der Waals surface area contributed by atoms with Crippen LogP contribution < -0.4 is 10.0 Å². The molecule has 2 saturated carbocycles. The minimum Gasteiger partial charge on any atom is -0.465 e. The lowest BCUT2D eigenvalue weighted by Crippen LogP contribution is -2.51. The zero-order valence-electron chi connectivity index (χ0n) is 13.0. The Hall–Kier alpha value is -0.850. The van der Waals surface area contributed by atoms with Gasteiger partial charge in [0, 0.05) is 23.7 Å². The van der Waals surface area contributed by atoms with Crippen molar-refractivity contribution in [3.63, 3.8) is 0 Å². The van der Waals surface area contributed by atoms with Gasteiger partial charge in [-0.25, -0.2) is 13.1 Å². The summed E-state index contributed by atoms with van der Waals surface area (Å²) in [5, 5.41) is 3.38. The van der Waals surface area contributed by atoms with E-state index in [0.717, 1.165) is 24.8 Å². The fourth-order valence-corrected chi connectivity index (χ4v) is 4.90. The van der Waals surface area contributed by atoms with E-state index in [4.69, 9.17) is 4.42 Å². The van der Waals surface area contributed by atoms with Crippen molar-refractivity contribution in [2.24, 2.45) is 0 Å². The number of hydrogen-bond acceptors (Lipinski definition) is 4. The molecule has 6 heteroatoms.